The average Bonchev–Trinajstić information content (AvgIpc) is 3.26. The number of piperazine rings is 1. The number of carbonyl (C=O) groups excluding carboxylic acids is 1. The summed E-state index contributed by atoms with van der Waals surface area (Å²) < 4.78 is 5.92. The monoisotopic (exact) mass is 453 g/mol. The predicted molar refractivity (Wildman–Crippen MR) is 136 cm³/mol. The lowest BCUT2D eigenvalue weighted by Crippen LogP contribution is -2.60. The van der Waals surface area contributed by atoms with Gasteiger partial charge in [0.25, 0.3) is 5.91 Å². The van der Waals surface area contributed by atoms with E-state index in [2.05, 4.69) is 70.1 Å². The summed E-state index contributed by atoms with van der Waals surface area (Å²) in [6, 6.07) is 23.8. The zero-order chi connectivity index (χ0) is 22.9. The van der Waals surface area contributed by atoms with E-state index < -0.39 is 0 Å². The lowest BCUT2D eigenvalue weighted by molar-refractivity contribution is 0.0953. The molecule has 2 atom stereocenters. The summed E-state index contributed by atoms with van der Waals surface area (Å²) in [7, 11) is 0. The highest BCUT2D eigenvalue weighted by atomic mass is 16.5. The highest BCUT2D eigenvalue weighted by Gasteiger charge is 2.32. The van der Waals surface area contributed by atoms with Crippen LogP contribution < -0.4 is 20.3 Å². The minimum atomic E-state index is 0.0299. The average molecular weight is 454 g/mol. The Morgan fingerprint density at radius 3 is 2.82 bits per heavy atom. The minimum absolute atomic E-state index is 0.0299. The molecule has 0 saturated carbocycles. The molecule has 1 aliphatic carbocycles. The third-order valence-electron chi connectivity index (χ3n) is 7.43. The first-order valence-electron chi connectivity index (χ1n) is 12.5. The van der Waals surface area contributed by atoms with Crippen molar-refractivity contribution < 1.29 is 9.53 Å². The van der Waals surface area contributed by atoms with Crippen molar-refractivity contribution in [2.75, 3.05) is 31.1 Å². The van der Waals surface area contributed by atoms with Gasteiger partial charge in [0.05, 0.1) is 11.7 Å². The molecule has 174 valence electrons. The van der Waals surface area contributed by atoms with Crippen LogP contribution in [0.1, 0.15) is 40.7 Å². The largest absolute Gasteiger partial charge is 0.489 e. The molecular weight excluding hydrogens is 422 g/mol. The molecule has 6 rings (SSSR count). The SMILES string of the molecule is O=C(NCCCCC1CN2c3ccccc3OCC2CN1)c1ccc2c(c1)Cc1ccccc1-2. The summed E-state index contributed by atoms with van der Waals surface area (Å²) in [5.74, 6) is 1.03. The second kappa shape index (κ2) is 9.15. The molecule has 5 heteroatoms. The smallest absolute Gasteiger partial charge is 0.251 e. The Morgan fingerprint density at radius 2 is 1.85 bits per heavy atom. The molecule has 2 aliphatic heterocycles. The molecule has 1 fully saturated rings. The fraction of sp³-hybridized carbons (Fsp3) is 0.345. The molecular formula is C29H31N3O2. The van der Waals surface area contributed by atoms with Crippen molar-refractivity contribution in [1.29, 1.82) is 0 Å². The zero-order valence-electron chi connectivity index (χ0n) is 19.4. The molecule has 2 unspecified atom stereocenters. The molecule has 5 nitrogen and oxygen atoms in total. The number of carbonyl (C=O) groups is 1. The maximum atomic E-state index is 12.7. The first-order valence-corrected chi connectivity index (χ1v) is 12.5. The van der Waals surface area contributed by atoms with Crippen LogP contribution in [-0.2, 0) is 6.42 Å². The van der Waals surface area contributed by atoms with Gasteiger partial charge in [-0.3, -0.25) is 4.79 Å². The Labute approximate surface area is 201 Å². The fourth-order valence-electron chi connectivity index (χ4n) is 5.61. The van der Waals surface area contributed by atoms with Crippen molar-refractivity contribution in [3.63, 3.8) is 0 Å². The lowest BCUT2D eigenvalue weighted by Gasteiger charge is -2.45. The van der Waals surface area contributed by atoms with Gasteiger partial charge in [0.1, 0.15) is 12.4 Å². The summed E-state index contributed by atoms with van der Waals surface area (Å²) in [4.78, 5) is 15.2. The zero-order valence-corrected chi connectivity index (χ0v) is 19.4. The Balaban J connectivity index is 0.971. The van der Waals surface area contributed by atoms with Crippen LogP contribution in [0, 0.1) is 0 Å². The van der Waals surface area contributed by atoms with Gasteiger partial charge < -0.3 is 20.3 Å². The van der Waals surface area contributed by atoms with Gasteiger partial charge in [-0.1, -0.05) is 48.9 Å². The number of hydrogen-bond acceptors (Lipinski definition) is 4. The Morgan fingerprint density at radius 1 is 1.00 bits per heavy atom. The standard InChI is InChI=1S/C29H31N3O2/c33-29(21-12-13-26-22(16-21)15-20-7-1-2-9-25(20)26)30-14-6-5-8-23-18-32-24(17-31-23)19-34-28-11-4-3-10-27(28)32/h1-4,7,9-13,16,23-24,31H,5-6,8,14-15,17-19H2,(H,30,33). The number of ether oxygens (including phenoxy) is 1. The van der Waals surface area contributed by atoms with Gasteiger partial charge in [0, 0.05) is 31.2 Å². The van der Waals surface area contributed by atoms with Crippen molar-refractivity contribution in [2.24, 2.45) is 0 Å². The highest BCUT2D eigenvalue weighted by molar-refractivity contribution is 5.95. The highest BCUT2D eigenvalue weighted by Crippen LogP contribution is 2.37. The van der Waals surface area contributed by atoms with E-state index >= 15 is 0 Å². The Bertz CT molecular complexity index is 1210. The summed E-state index contributed by atoms with van der Waals surface area (Å²) >= 11 is 0. The molecule has 2 N–H and O–H groups in total. The normalized spacial score (nSPS) is 19.9. The third-order valence-corrected chi connectivity index (χ3v) is 7.43. The van der Waals surface area contributed by atoms with E-state index in [0.29, 0.717) is 18.6 Å². The fourth-order valence-corrected chi connectivity index (χ4v) is 5.61. The molecule has 0 spiro atoms. The summed E-state index contributed by atoms with van der Waals surface area (Å²) in [6.07, 6.45) is 4.10. The van der Waals surface area contributed by atoms with Crippen molar-refractivity contribution in [1.82, 2.24) is 10.6 Å². The van der Waals surface area contributed by atoms with Crippen LogP contribution in [0.25, 0.3) is 11.1 Å². The van der Waals surface area contributed by atoms with E-state index in [0.717, 1.165) is 56.7 Å². The number of rotatable bonds is 6. The summed E-state index contributed by atoms with van der Waals surface area (Å²) in [5, 5.41) is 6.82. The lowest BCUT2D eigenvalue weighted by atomic mass is 10.0. The topological polar surface area (TPSA) is 53.6 Å². The number of anilines is 1. The van der Waals surface area contributed by atoms with Crippen LogP contribution in [0.2, 0.25) is 0 Å². The van der Waals surface area contributed by atoms with Gasteiger partial charge in [-0.15, -0.1) is 0 Å². The van der Waals surface area contributed by atoms with E-state index in [1.165, 1.54) is 27.9 Å². The number of para-hydroxylation sites is 2. The molecule has 3 aromatic rings. The number of nitrogens with zero attached hydrogens (tertiary/aromatic N) is 1. The van der Waals surface area contributed by atoms with E-state index in [4.69, 9.17) is 4.74 Å². The molecule has 1 amide bonds. The Kier molecular flexibility index (Phi) is 5.71. The van der Waals surface area contributed by atoms with Crippen LogP contribution in [0.5, 0.6) is 5.75 Å². The third kappa shape index (κ3) is 4.05. The number of amides is 1. The molecule has 0 radical (unpaired) electrons. The van der Waals surface area contributed by atoms with Crippen molar-refractivity contribution >= 4 is 11.6 Å². The molecule has 34 heavy (non-hydrogen) atoms. The van der Waals surface area contributed by atoms with Gasteiger partial charge in [-0.2, -0.15) is 0 Å². The second-order valence-corrected chi connectivity index (χ2v) is 9.65. The van der Waals surface area contributed by atoms with Gasteiger partial charge in [-0.25, -0.2) is 0 Å². The van der Waals surface area contributed by atoms with Gasteiger partial charge in [0.2, 0.25) is 0 Å². The number of nitrogens with one attached hydrogen (secondary N) is 2. The molecule has 3 aromatic carbocycles. The van der Waals surface area contributed by atoms with Crippen LogP contribution in [0.15, 0.2) is 66.7 Å². The van der Waals surface area contributed by atoms with Gasteiger partial charge in [-0.05, 0) is 65.8 Å². The van der Waals surface area contributed by atoms with Gasteiger partial charge >= 0.3 is 0 Å². The Hall–Kier alpha value is -3.31. The molecule has 1 saturated heterocycles. The first-order chi connectivity index (χ1) is 16.8. The van der Waals surface area contributed by atoms with Crippen molar-refractivity contribution in [2.45, 2.75) is 37.8 Å². The maximum Gasteiger partial charge on any atom is 0.251 e. The quantitative estimate of drug-likeness (QED) is 0.425. The van der Waals surface area contributed by atoms with E-state index in [1.54, 1.807) is 0 Å². The second-order valence-electron chi connectivity index (χ2n) is 9.65. The van der Waals surface area contributed by atoms with E-state index in [1.807, 2.05) is 12.1 Å². The number of fused-ring (bicyclic) bond motifs is 6. The predicted octanol–water partition coefficient (Wildman–Crippen LogP) is 4.40. The van der Waals surface area contributed by atoms with Crippen LogP contribution >= 0.6 is 0 Å². The molecule has 2 heterocycles. The number of benzene rings is 3. The van der Waals surface area contributed by atoms with Crippen LogP contribution in [0.4, 0.5) is 5.69 Å². The number of unbranched alkanes of at least 4 members (excludes halogenated alkanes) is 1. The van der Waals surface area contributed by atoms with Gasteiger partial charge in [0.15, 0.2) is 0 Å². The maximum absolute atomic E-state index is 12.7. The summed E-state index contributed by atoms with van der Waals surface area (Å²) in [5.41, 5.74) is 7.14. The van der Waals surface area contributed by atoms with E-state index in [9.17, 15) is 4.79 Å². The first kappa shape index (κ1) is 21.2. The molecule has 3 aliphatic rings. The molecule has 0 bridgehead atoms. The number of hydrogen-bond donors (Lipinski definition) is 2. The van der Waals surface area contributed by atoms with Crippen molar-refractivity contribution in [3.05, 3.63) is 83.4 Å². The molecule has 0 aromatic heterocycles. The van der Waals surface area contributed by atoms with Crippen LogP contribution in [-0.4, -0.2) is 44.2 Å². The van der Waals surface area contributed by atoms with E-state index in [-0.39, 0.29) is 5.91 Å². The summed E-state index contributed by atoms with van der Waals surface area (Å²) in [6.45, 7) is 3.43. The van der Waals surface area contributed by atoms with Crippen LogP contribution in [0.3, 0.4) is 0 Å². The van der Waals surface area contributed by atoms with Crippen molar-refractivity contribution in [3.8, 4) is 16.9 Å². The minimum Gasteiger partial charge on any atom is -0.489 e.